The van der Waals surface area contributed by atoms with Gasteiger partial charge < -0.3 is 10.1 Å². The van der Waals surface area contributed by atoms with E-state index >= 15 is 0 Å². The number of methoxy groups -OCH3 is 1. The van der Waals surface area contributed by atoms with E-state index in [2.05, 4.69) is 11.2 Å². The monoisotopic (exact) mass is 251 g/mol. The molecule has 90 valence electrons. The van der Waals surface area contributed by atoms with E-state index in [0.717, 1.165) is 0 Å². The van der Waals surface area contributed by atoms with Crippen molar-refractivity contribution in [3.63, 3.8) is 0 Å². The predicted molar refractivity (Wildman–Crippen MR) is 68.4 cm³/mol. The lowest BCUT2D eigenvalue weighted by atomic mass is 10.1. The van der Waals surface area contributed by atoms with Crippen LogP contribution in [0.25, 0.3) is 0 Å². The summed E-state index contributed by atoms with van der Waals surface area (Å²) in [6.07, 6.45) is 5.31. The number of terminal acetylenes is 1. The Kier molecular flexibility index (Phi) is 4.03. The molecule has 0 aliphatic carbocycles. The standard InChI is InChI=1S/C13H14ClNO2/c1-5-13(2,3)15-12(16)10-8-9(14)6-7-11(10)17-4/h1,6-8H,2-4H3,(H,15,16). The van der Waals surface area contributed by atoms with Gasteiger partial charge in [-0.05, 0) is 32.0 Å². The summed E-state index contributed by atoms with van der Waals surface area (Å²) >= 11 is 5.85. The van der Waals surface area contributed by atoms with Crippen LogP contribution in [0, 0.1) is 12.3 Å². The van der Waals surface area contributed by atoms with Crippen LogP contribution < -0.4 is 10.1 Å². The third-order valence-electron chi connectivity index (χ3n) is 2.19. The van der Waals surface area contributed by atoms with Gasteiger partial charge in [0.15, 0.2) is 0 Å². The Morgan fingerprint density at radius 2 is 2.18 bits per heavy atom. The molecule has 0 aliphatic heterocycles. The number of carbonyl (C=O) groups excluding carboxylic acids is 1. The first-order valence-corrected chi connectivity index (χ1v) is 5.41. The lowest BCUT2D eigenvalue weighted by molar-refractivity contribution is 0.0927. The van der Waals surface area contributed by atoms with Crippen LogP contribution in [0.5, 0.6) is 5.75 Å². The van der Waals surface area contributed by atoms with E-state index in [1.165, 1.54) is 7.11 Å². The van der Waals surface area contributed by atoms with E-state index in [0.29, 0.717) is 16.3 Å². The van der Waals surface area contributed by atoms with Crippen molar-refractivity contribution in [2.45, 2.75) is 19.4 Å². The SMILES string of the molecule is C#CC(C)(C)NC(=O)c1cc(Cl)ccc1OC. The number of ether oxygens (including phenoxy) is 1. The number of hydrogen-bond donors (Lipinski definition) is 1. The molecule has 1 N–H and O–H groups in total. The predicted octanol–water partition coefficient (Wildman–Crippen LogP) is 2.49. The zero-order chi connectivity index (χ0) is 13.1. The summed E-state index contributed by atoms with van der Waals surface area (Å²) < 4.78 is 5.10. The van der Waals surface area contributed by atoms with Gasteiger partial charge in [-0.2, -0.15) is 0 Å². The van der Waals surface area contributed by atoms with E-state index in [1.54, 1.807) is 32.0 Å². The van der Waals surface area contributed by atoms with Crippen LogP contribution in [-0.2, 0) is 0 Å². The minimum Gasteiger partial charge on any atom is -0.496 e. The maximum absolute atomic E-state index is 12.0. The highest BCUT2D eigenvalue weighted by Gasteiger charge is 2.20. The number of benzene rings is 1. The number of halogens is 1. The van der Waals surface area contributed by atoms with Gasteiger partial charge >= 0.3 is 0 Å². The first-order chi connectivity index (χ1) is 7.89. The van der Waals surface area contributed by atoms with Gasteiger partial charge in [0.05, 0.1) is 18.2 Å². The van der Waals surface area contributed by atoms with Gasteiger partial charge in [0.2, 0.25) is 0 Å². The van der Waals surface area contributed by atoms with E-state index in [1.807, 2.05) is 0 Å². The zero-order valence-electron chi connectivity index (χ0n) is 10.0. The molecule has 17 heavy (non-hydrogen) atoms. The molecule has 0 radical (unpaired) electrons. The minimum atomic E-state index is -0.718. The van der Waals surface area contributed by atoms with Gasteiger partial charge in [0, 0.05) is 5.02 Å². The maximum Gasteiger partial charge on any atom is 0.256 e. The minimum absolute atomic E-state index is 0.313. The van der Waals surface area contributed by atoms with E-state index in [4.69, 9.17) is 22.8 Å². The van der Waals surface area contributed by atoms with Crippen molar-refractivity contribution in [1.29, 1.82) is 0 Å². The molecule has 0 aromatic heterocycles. The smallest absolute Gasteiger partial charge is 0.256 e. The largest absolute Gasteiger partial charge is 0.496 e. The Morgan fingerprint density at radius 3 is 2.71 bits per heavy atom. The fourth-order valence-electron chi connectivity index (χ4n) is 1.24. The first kappa shape index (κ1) is 13.4. The van der Waals surface area contributed by atoms with Crippen molar-refractivity contribution in [3.8, 4) is 18.1 Å². The highest BCUT2D eigenvalue weighted by atomic mass is 35.5. The molecule has 0 fully saturated rings. The molecule has 1 rings (SSSR count). The van der Waals surface area contributed by atoms with E-state index in [-0.39, 0.29) is 5.91 Å². The molecule has 0 saturated carbocycles. The zero-order valence-corrected chi connectivity index (χ0v) is 10.8. The van der Waals surface area contributed by atoms with Crippen LogP contribution in [0.3, 0.4) is 0 Å². The van der Waals surface area contributed by atoms with Gasteiger partial charge in [-0.1, -0.05) is 17.5 Å². The highest BCUT2D eigenvalue weighted by Crippen LogP contribution is 2.23. The summed E-state index contributed by atoms with van der Waals surface area (Å²) in [5.41, 5.74) is -0.354. The molecular formula is C13H14ClNO2. The molecule has 4 heteroatoms. The van der Waals surface area contributed by atoms with Crippen LogP contribution in [0.15, 0.2) is 18.2 Å². The van der Waals surface area contributed by atoms with E-state index in [9.17, 15) is 4.79 Å². The van der Waals surface area contributed by atoms with Crippen molar-refractivity contribution in [1.82, 2.24) is 5.32 Å². The summed E-state index contributed by atoms with van der Waals surface area (Å²) in [5.74, 6) is 2.63. The molecule has 3 nitrogen and oxygen atoms in total. The normalized spacial score (nSPS) is 10.5. The molecule has 0 spiro atoms. The fraction of sp³-hybridized carbons (Fsp3) is 0.308. The first-order valence-electron chi connectivity index (χ1n) is 5.03. The van der Waals surface area contributed by atoms with Gasteiger partial charge in [-0.25, -0.2) is 0 Å². The maximum atomic E-state index is 12.0. The molecular weight excluding hydrogens is 238 g/mol. The lowest BCUT2D eigenvalue weighted by Crippen LogP contribution is -2.42. The number of nitrogens with one attached hydrogen (secondary N) is 1. The van der Waals surface area contributed by atoms with Gasteiger partial charge in [-0.3, -0.25) is 4.79 Å². The number of rotatable bonds is 3. The molecule has 1 amide bonds. The molecule has 0 saturated heterocycles. The molecule has 1 aromatic carbocycles. The molecule has 0 heterocycles. The van der Waals surface area contributed by atoms with Crippen molar-refractivity contribution >= 4 is 17.5 Å². The average molecular weight is 252 g/mol. The lowest BCUT2D eigenvalue weighted by Gasteiger charge is -2.20. The van der Waals surface area contributed by atoms with E-state index < -0.39 is 5.54 Å². The Balaban J connectivity index is 3.04. The third kappa shape index (κ3) is 3.40. The molecule has 0 aliphatic rings. The summed E-state index contributed by atoms with van der Waals surface area (Å²) in [4.78, 5) is 12.0. The number of hydrogen-bond acceptors (Lipinski definition) is 2. The quantitative estimate of drug-likeness (QED) is 0.839. The molecule has 0 unspecified atom stereocenters. The second-order valence-electron chi connectivity index (χ2n) is 4.07. The Hall–Kier alpha value is -1.66. The fourth-order valence-corrected chi connectivity index (χ4v) is 1.42. The highest BCUT2D eigenvalue weighted by molar-refractivity contribution is 6.31. The van der Waals surface area contributed by atoms with Crippen molar-refractivity contribution in [3.05, 3.63) is 28.8 Å². The molecule has 0 bridgehead atoms. The number of amides is 1. The van der Waals surface area contributed by atoms with Gasteiger partial charge in [-0.15, -0.1) is 6.42 Å². The van der Waals surface area contributed by atoms with Crippen molar-refractivity contribution < 1.29 is 9.53 Å². The summed E-state index contributed by atoms with van der Waals surface area (Å²) in [6, 6.07) is 4.84. The summed E-state index contributed by atoms with van der Waals surface area (Å²) in [6.45, 7) is 3.48. The van der Waals surface area contributed by atoms with Gasteiger partial charge in [0.1, 0.15) is 5.75 Å². The Morgan fingerprint density at radius 1 is 1.53 bits per heavy atom. The third-order valence-corrected chi connectivity index (χ3v) is 2.43. The van der Waals surface area contributed by atoms with Crippen LogP contribution in [0.1, 0.15) is 24.2 Å². The van der Waals surface area contributed by atoms with Crippen LogP contribution >= 0.6 is 11.6 Å². The molecule has 1 aromatic rings. The Bertz CT molecular complexity index is 475. The van der Waals surface area contributed by atoms with Gasteiger partial charge in [0.25, 0.3) is 5.91 Å². The second kappa shape index (κ2) is 5.11. The van der Waals surface area contributed by atoms with Crippen LogP contribution in [0.4, 0.5) is 0 Å². The number of carbonyl (C=O) groups is 1. The summed E-state index contributed by atoms with van der Waals surface area (Å²) in [7, 11) is 1.49. The van der Waals surface area contributed by atoms with Crippen LogP contribution in [0.2, 0.25) is 5.02 Å². The van der Waals surface area contributed by atoms with Crippen LogP contribution in [-0.4, -0.2) is 18.6 Å². The molecule has 0 atom stereocenters. The van der Waals surface area contributed by atoms with Crippen molar-refractivity contribution in [2.75, 3.05) is 7.11 Å². The topological polar surface area (TPSA) is 38.3 Å². The second-order valence-corrected chi connectivity index (χ2v) is 4.50. The van der Waals surface area contributed by atoms with Crippen molar-refractivity contribution in [2.24, 2.45) is 0 Å². The average Bonchev–Trinajstić information content (AvgIpc) is 2.28. The Labute approximate surface area is 106 Å². The summed E-state index contributed by atoms with van der Waals surface area (Å²) in [5, 5.41) is 3.18.